The van der Waals surface area contributed by atoms with E-state index in [1.165, 1.54) is 5.56 Å². The van der Waals surface area contributed by atoms with Crippen LogP contribution in [0.1, 0.15) is 37.4 Å². The second kappa shape index (κ2) is 6.06. The molecular weight excluding hydrogens is 248 g/mol. The van der Waals surface area contributed by atoms with Crippen LogP contribution in [0.15, 0.2) is 41.2 Å². The van der Waals surface area contributed by atoms with Gasteiger partial charge in [0.15, 0.2) is 0 Å². The molecule has 0 spiro atoms. The van der Waals surface area contributed by atoms with Gasteiger partial charge in [0, 0.05) is 18.2 Å². The van der Waals surface area contributed by atoms with Crippen molar-refractivity contribution in [3.63, 3.8) is 0 Å². The molecule has 106 valence electrons. The van der Waals surface area contributed by atoms with E-state index in [0.717, 1.165) is 17.7 Å². The third kappa shape index (κ3) is 2.68. The molecule has 1 unspecified atom stereocenters. The molecule has 0 aliphatic carbocycles. The molecule has 0 saturated heterocycles. The minimum atomic E-state index is 0.0277. The lowest BCUT2D eigenvalue weighted by Crippen LogP contribution is -2.28. The number of hydrogen-bond acceptors (Lipinski definition) is 2. The van der Waals surface area contributed by atoms with E-state index in [4.69, 9.17) is 5.73 Å². The molecular formula is C17H22N2O. The van der Waals surface area contributed by atoms with E-state index in [1.807, 2.05) is 16.7 Å². The minimum absolute atomic E-state index is 0.0277. The number of pyridine rings is 1. The SMILES string of the molecule is CCC(C)n1c(-c2ccc(C)cc2)ccc(CN)c1=O. The number of nitrogens with two attached hydrogens (primary N) is 1. The summed E-state index contributed by atoms with van der Waals surface area (Å²) in [6, 6.07) is 12.3. The molecule has 0 saturated carbocycles. The van der Waals surface area contributed by atoms with Crippen LogP contribution >= 0.6 is 0 Å². The van der Waals surface area contributed by atoms with E-state index in [1.54, 1.807) is 0 Å². The van der Waals surface area contributed by atoms with Gasteiger partial charge in [0.25, 0.3) is 5.56 Å². The van der Waals surface area contributed by atoms with Crippen LogP contribution in [0.25, 0.3) is 11.3 Å². The quantitative estimate of drug-likeness (QED) is 0.927. The molecule has 3 heteroatoms. The maximum absolute atomic E-state index is 12.5. The molecule has 20 heavy (non-hydrogen) atoms. The summed E-state index contributed by atoms with van der Waals surface area (Å²) < 4.78 is 1.87. The highest BCUT2D eigenvalue weighted by molar-refractivity contribution is 5.60. The molecule has 0 bridgehead atoms. The molecule has 1 aromatic heterocycles. The average Bonchev–Trinajstić information content (AvgIpc) is 2.47. The largest absolute Gasteiger partial charge is 0.326 e. The van der Waals surface area contributed by atoms with Crippen molar-refractivity contribution >= 4 is 0 Å². The molecule has 3 nitrogen and oxygen atoms in total. The van der Waals surface area contributed by atoms with Gasteiger partial charge < -0.3 is 10.3 Å². The lowest BCUT2D eigenvalue weighted by atomic mass is 10.1. The van der Waals surface area contributed by atoms with Crippen molar-refractivity contribution in [3.8, 4) is 11.3 Å². The lowest BCUT2D eigenvalue weighted by Gasteiger charge is -2.20. The van der Waals surface area contributed by atoms with Crippen LogP contribution in [0.3, 0.4) is 0 Å². The van der Waals surface area contributed by atoms with Crippen LogP contribution in [0, 0.1) is 6.92 Å². The molecule has 0 fully saturated rings. The standard InChI is InChI=1S/C17H22N2O/c1-4-13(3)19-16(10-9-15(11-18)17(19)20)14-7-5-12(2)6-8-14/h5-10,13H,4,11,18H2,1-3H3. The van der Waals surface area contributed by atoms with E-state index >= 15 is 0 Å². The summed E-state index contributed by atoms with van der Waals surface area (Å²) in [6.45, 7) is 6.50. The zero-order valence-corrected chi connectivity index (χ0v) is 12.4. The number of rotatable bonds is 4. The van der Waals surface area contributed by atoms with Crippen molar-refractivity contribution in [2.45, 2.75) is 39.8 Å². The van der Waals surface area contributed by atoms with E-state index in [-0.39, 0.29) is 18.1 Å². The predicted octanol–water partition coefficient (Wildman–Crippen LogP) is 3.25. The molecule has 2 aromatic rings. The van der Waals surface area contributed by atoms with Crippen LogP contribution < -0.4 is 11.3 Å². The first-order chi connectivity index (χ1) is 9.58. The number of hydrogen-bond donors (Lipinski definition) is 1. The Balaban J connectivity index is 2.66. The van der Waals surface area contributed by atoms with E-state index < -0.39 is 0 Å². The van der Waals surface area contributed by atoms with Crippen molar-refractivity contribution < 1.29 is 0 Å². The summed E-state index contributed by atoms with van der Waals surface area (Å²) >= 11 is 0. The second-order valence-electron chi connectivity index (χ2n) is 5.25. The molecule has 0 radical (unpaired) electrons. The Kier molecular flexibility index (Phi) is 4.40. The number of benzene rings is 1. The van der Waals surface area contributed by atoms with Crippen molar-refractivity contribution in [1.29, 1.82) is 0 Å². The van der Waals surface area contributed by atoms with Gasteiger partial charge in [-0.15, -0.1) is 0 Å². The topological polar surface area (TPSA) is 48.0 Å². The highest BCUT2D eigenvalue weighted by Gasteiger charge is 2.13. The molecule has 2 rings (SSSR count). The first kappa shape index (κ1) is 14.5. The maximum atomic E-state index is 12.5. The zero-order chi connectivity index (χ0) is 14.7. The van der Waals surface area contributed by atoms with Crippen molar-refractivity contribution in [1.82, 2.24) is 4.57 Å². The van der Waals surface area contributed by atoms with E-state index in [9.17, 15) is 4.79 Å². The van der Waals surface area contributed by atoms with Gasteiger partial charge in [-0.2, -0.15) is 0 Å². The highest BCUT2D eigenvalue weighted by atomic mass is 16.1. The highest BCUT2D eigenvalue weighted by Crippen LogP contribution is 2.23. The van der Waals surface area contributed by atoms with Crippen LogP contribution in [0.5, 0.6) is 0 Å². The first-order valence-corrected chi connectivity index (χ1v) is 7.10. The van der Waals surface area contributed by atoms with Gasteiger partial charge in [-0.25, -0.2) is 0 Å². The predicted molar refractivity (Wildman–Crippen MR) is 83.8 cm³/mol. The normalized spacial score (nSPS) is 12.4. The summed E-state index contributed by atoms with van der Waals surface area (Å²) in [4.78, 5) is 12.5. The summed E-state index contributed by atoms with van der Waals surface area (Å²) in [7, 11) is 0. The van der Waals surface area contributed by atoms with Gasteiger partial charge in [0.2, 0.25) is 0 Å². The van der Waals surface area contributed by atoms with Crippen molar-refractivity contribution in [2.75, 3.05) is 0 Å². The smallest absolute Gasteiger partial charge is 0.255 e. The second-order valence-corrected chi connectivity index (χ2v) is 5.25. The summed E-state index contributed by atoms with van der Waals surface area (Å²) in [6.07, 6.45) is 0.910. The average molecular weight is 270 g/mol. The molecule has 1 heterocycles. The molecule has 1 aromatic carbocycles. The van der Waals surface area contributed by atoms with Crippen molar-refractivity contribution in [2.24, 2.45) is 5.73 Å². The molecule has 2 N–H and O–H groups in total. The maximum Gasteiger partial charge on any atom is 0.255 e. The van der Waals surface area contributed by atoms with Crippen LogP contribution in [0.4, 0.5) is 0 Å². The fourth-order valence-electron chi connectivity index (χ4n) is 2.33. The Bertz CT molecular complexity index is 641. The van der Waals surface area contributed by atoms with Gasteiger partial charge >= 0.3 is 0 Å². The summed E-state index contributed by atoms with van der Waals surface area (Å²) in [5.41, 5.74) is 9.59. The lowest BCUT2D eigenvalue weighted by molar-refractivity contribution is 0.516. The Morgan fingerprint density at radius 3 is 2.35 bits per heavy atom. The number of nitrogens with zero attached hydrogens (tertiary/aromatic N) is 1. The first-order valence-electron chi connectivity index (χ1n) is 7.10. The Morgan fingerprint density at radius 2 is 1.80 bits per heavy atom. The number of aryl methyl sites for hydroxylation is 1. The molecule has 1 atom stereocenters. The van der Waals surface area contributed by atoms with Gasteiger partial charge in [0.05, 0.1) is 5.69 Å². The van der Waals surface area contributed by atoms with Gasteiger partial charge in [0.1, 0.15) is 0 Å². The monoisotopic (exact) mass is 270 g/mol. The van der Waals surface area contributed by atoms with Gasteiger partial charge in [-0.1, -0.05) is 42.8 Å². The van der Waals surface area contributed by atoms with Crippen molar-refractivity contribution in [3.05, 3.63) is 57.9 Å². The molecule has 0 aliphatic rings. The fraction of sp³-hybridized carbons (Fsp3) is 0.353. The Labute approximate surface area is 120 Å². The third-order valence-electron chi connectivity index (χ3n) is 3.79. The Hall–Kier alpha value is -1.87. The van der Waals surface area contributed by atoms with Gasteiger partial charge in [-0.3, -0.25) is 4.79 Å². The van der Waals surface area contributed by atoms with Crippen LogP contribution in [0.2, 0.25) is 0 Å². The molecule has 0 aliphatic heterocycles. The molecule has 0 amide bonds. The third-order valence-corrected chi connectivity index (χ3v) is 3.79. The minimum Gasteiger partial charge on any atom is -0.326 e. The summed E-state index contributed by atoms with van der Waals surface area (Å²) in [5.74, 6) is 0. The van der Waals surface area contributed by atoms with Crippen LogP contribution in [-0.2, 0) is 6.54 Å². The van der Waals surface area contributed by atoms with E-state index in [2.05, 4.69) is 45.0 Å². The zero-order valence-electron chi connectivity index (χ0n) is 12.4. The Morgan fingerprint density at radius 1 is 1.15 bits per heavy atom. The summed E-state index contributed by atoms with van der Waals surface area (Å²) in [5, 5.41) is 0. The van der Waals surface area contributed by atoms with E-state index in [0.29, 0.717) is 5.56 Å². The van der Waals surface area contributed by atoms with Crippen LogP contribution in [-0.4, -0.2) is 4.57 Å². The van der Waals surface area contributed by atoms with Gasteiger partial charge in [-0.05, 0) is 31.9 Å². The number of aromatic nitrogens is 1. The fourth-order valence-corrected chi connectivity index (χ4v) is 2.33.